The second-order valence-corrected chi connectivity index (χ2v) is 7.55. The molecule has 2 heterocycles. The molecule has 3 aromatic rings. The maximum Gasteiger partial charge on any atom is 0.232 e. The summed E-state index contributed by atoms with van der Waals surface area (Å²) in [5, 5.41) is 4.40. The summed E-state index contributed by atoms with van der Waals surface area (Å²) in [5.74, 6) is 0.892. The average Bonchev–Trinajstić information content (AvgIpc) is 2.89. The summed E-state index contributed by atoms with van der Waals surface area (Å²) in [6, 6.07) is 3.63. The summed E-state index contributed by atoms with van der Waals surface area (Å²) >= 11 is 6.38. The number of nitrogens with zero attached hydrogens (tertiary/aromatic N) is 3. The van der Waals surface area contributed by atoms with Gasteiger partial charge in [0, 0.05) is 12.6 Å². The zero-order valence-electron chi connectivity index (χ0n) is 13.0. The van der Waals surface area contributed by atoms with Crippen LogP contribution in [-0.2, 0) is 17.1 Å². The normalized spacial score (nSPS) is 12.0. The van der Waals surface area contributed by atoms with Crippen LogP contribution in [0.25, 0.3) is 22.2 Å². The van der Waals surface area contributed by atoms with Crippen LogP contribution in [0.15, 0.2) is 16.7 Å². The minimum absolute atomic E-state index is 0.209. The molecule has 0 bridgehead atoms. The topological polar surface area (TPSA) is 90.0 Å². The van der Waals surface area contributed by atoms with Gasteiger partial charge in [-0.1, -0.05) is 16.8 Å². The first-order chi connectivity index (χ1) is 10.7. The Morgan fingerprint density at radius 3 is 2.57 bits per heavy atom. The highest BCUT2D eigenvalue weighted by Gasteiger charge is 2.18. The van der Waals surface area contributed by atoms with E-state index < -0.39 is 10.0 Å². The molecule has 122 valence electrons. The third kappa shape index (κ3) is 2.79. The number of anilines is 1. The molecule has 0 radical (unpaired) electrons. The summed E-state index contributed by atoms with van der Waals surface area (Å²) in [5.41, 5.74) is 3.66. The molecule has 1 aromatic carbocycles. The lowest BCUT2D eigenvalue weighted by molar-refractivity contribution is 0.393. The summed E-state index contributed by atoms with van der Waals surface area (Å²) < 4.78 is 32.0. The van der Waals surface area contributed by atoms with Crippen molar-refractivity contribution in [2.75, 3.05) is 11.0 Å². The Labute approximate surface area is 138 Å². The monoisotopic (exact) mass is 354 g/mol. The van der Waals surface area contributed by atoms with Crippen LogP contribution in [0.5, 0.6) is 0 Å². The Morgan fingerprint density at radius 1 is 1.30 bits per heavy atom. The third-order valence-corrected chi connectivity index (χ3v) is 4.36. The van der Waals surface area contributed by atoms with E-state index in [4.69, 9.17) is 16.1 Å². The van der Waals surface area contributed by atoms with Gasteiger partial charge in [0.05, 0.1) is 28.0 Å². The lowest BCUT2D eigenvalue weighted by Crippen LogP contribution is -2.13. The van der Waals surface area contributed by atoms with Gasteiger partial charge >= 0.3 is 0 Å². The van der Waals surface area contributed by atoms with E-state index in [1.54, 1.807) is 17.7 Å². The van der Waals surface area contributed by atoms with E-state index in [0.29, 0.717) is 21.8 Å². The molecule has 0 unspecified atom stereocenters. The van der Waals surface area contributed by atoms with E-state index in [1.165, 1.54) is 0 Å². The predicted molar refractivity (Wildman–Crippen MR) is 89.2 cm³/mol. The third-order valence-electron chi connectivity index (χ3n) is 3.52. The number of imidazole rings is 1. The van der Waals surface area contributed by atoms with Crippen molar-refractivity contribution in [2.45, 2.75) is 13.8 Å². The molecule has 0 amide bonds. The molecule has 23 heavy (non-hydrogen) atoms. The van der Waals surface area contributed by atoms with Crippen LogP contribution in [-0.4, -0.2) is 29.4 Å². The summed E-state index contributed by atoms with van der Waals surface area (Å²) in [7, 11) is -1.73. The van der Waals surface area contributed by atoms with Crippen LogP contribution in [0, 0.1) is 13.8 Å². The molecule has 0 aliphatic carbocycles. The SMILES string of the molecule is Cc1noc(C)c1-c1cc(Cl)c2c(c1)nc(NS(C)(=O)=O)n2C. The first-order valence-electron chi connectivity index (χ1n) is 6.74. The van der Waals surface area contributed by atoms with Gasteiger partial charge in [0.2, 0.25) is 16.0 Å². The molecule has 2 aromatic heterocycles. The van der Waals surface area contributed by atoms with E-state index in [0.717, 1.165) is 23.1 Å². The van der Waals surface area contributed by atoms with Gasteiger partial charge in [-0.2, -0.15) is 0 Å². The number of fused-ring (bicyclic) bond motifs is 1. The molecule has 7 nitrogen and oxygen atoms in total. The molecular formula is C14H15ClN4O3S. The highest BCUT2D eigenvalue weighted by atomic mass is 35.5. The van der Waals surface area contributed by atoms with Crippen molar-refractivity contribution >= 4 is 38.6 Å². The molecule has 0 atom stereocenters. The predicted octanol–water partition coefficient (Wildman–Crippen LogP) is 2.87. The highest BCUT2D eigenvalue weighted by molar-refractivity contribution is 7.92. The maximum absolute atomic E-state index is 11.4. The summed E-state index contributed by atoms with van der Waals surface area (Å²) in [4.78, 5) is 4.33. The van der Waals surface area contributed by atoms with Crippen molar-refractivity contribution < 1.29 is 12.9 Å². The Morgan fingerprint density at radius 2 is 2.00 bits per heavy atom. The van der Waals surface area contributed by atoms with Crippen LogP contribution < -0.4 is 4.72 Å². The van der Waals surface area contributed by atoms with Crippen LogP contribution in [0.2, 0.25) is 5.02 Å². The molecule has 0 aliphatic rings. The number of rotatable bonds is 3. The molecule has 0 spiro atoms. The number of sulfonamides is 1. The zero-order valence-corrected chi connectivity index (χ0v) is 14.6. The zero-order chi connectivity index (χ0) is 16.9. The van der Waals surface area contributed by atoms with Gasteiger partial charge < -0.3 is 9.09 Å². The Hall–Kier alpha value is -2.06. The number of aryl methyl sites for hydroxylation is 3. The van der Waals surface area contributed by atoms with E-state index in [2.05, 4.69) is 14.9 Å². The van der Waals surface area contributed by atoms with Crippen LogP contribution in [0.4, 0.5) is 5.95 Å². The van der Waals surface area contributed by atoms with E-state index >= 15 is 0 Å². The fourth-order valence-electron chi connectivity index (χ4n) is 2.59. The second kappa shape index (κ2) is 5.24. The van der Waals surface area contributed by atoms with Gasteiger partial charge in [-0.3, -0.25) is 4.72 Å². The molecule has 9 heteroatoms. The van der Waals surface area contributed by atoms with Crippen molar-refractivity contribution in [3.63, 3.8) is 0 Å². The van der Waals surface area contributed by atoms with Gasteiger partial charge in [-0.05, 0) is 31.5 Å². The Kier molecular flexibility index (Phi) is 3.61. The van der Waals surface area contributed by atoms with E-state index in [9.17, 15) is 8.42 Å². The number of hydrogen-bond acceptors (Lipinski definition) is 5. The standard InChI is InChI=1S/C14H15ClN4O3S/c1-7-12(8(2)22-17-7)9-5-10(15)13-11(6-9)16-14(19(13)3)18-23(4,20)21/h5-6H,1-4H3,(H,16,18). The largest absolute Gasteiger partial charge is 0.361 e. The summed E-state index contributed by atoms with van der Waals surface area (Å²) in [6.45, 7) is 3.67. The molecular weight excluding hydrogens is 340 g/mol. The van der Waals surface area contributed by atoms with Crippen molar-refractivity contribution in [3.05, 3.63) is 28.6 Å². The molecule has 3 rings (SSSR count). The van der Waals surface area contributed by atoms with E-state index in [-0.39, 0.29) is 5.95 Å². The minimum Gasteiger partial charge on any atom is -0.361 e. The van der Waals surface area contributed by atoms with Crippen LogP contribution in [0.1, 0.15) is 11.5 Å². The smallest absolute Gasteiger partial charge is 0.232 e. The molecule has 0 fully saturated rings. The van der Waals surface area contributed by atoms with Crippen molar-refractivity contribution in [1.29, 1.82) is 0 Å². The van der Waals surface area contributed by atoms with Gasteiger partial charge in [0.15, 0.2) is 0 Å². The lowest BCUT2D eigenvalue weighted by Gasteiger charge is -2.05. The van der Waals surface area contributed by atoms with E-state index in [1.807, 2.05) is 19.9 Å². The van der Waals surface area contributed by atoms with Gasteiger partial charge in [-0.25, -0.2) is 13.4 Å². The number of aromatic nitrogens is 3. The Balaban J connectivity index is 2.23. The fraction of sp³-hybridized carbons (Fsp3) is 0.286. The average molecular weight is 355 g/mol. The van der Waals surface area contributed by atoms with Gasteiger partial charge in [-0.15, -0.1) is 0 Å². The number of nitrogens with one attached hydrogen (secondary N) is 1. The number of benzene rings is 1. The maximum atomic E-state index is 11.4. The number of halogens is 1. The summed E-state index contributed by atoms with van der Waals surface area (Å²) in [6.07, 6.45) is 1.07. The second-order valence-electron chi connectivity index (χ2n) is 5.39. The van der Waals surface area contributed by atoms with Gasteiger partial charge in [0.25, 0.3) is 0 Å². The molecule has 0 saturated heterocycles. The van der Waals surface area contributed by atoms with Crippen LogP contribution in [0.3, 0.4) is 0 Å². The Bertz CT molecular complexity index is 1000. The van der Waals surface area contributed by atoms with Crippen molar-refractivity contribution in [2.24, 2.45) is 7.05 Å². The fourth-order valence-corrected chi connectivity index (χ4v) is 3.45. The van der Waals surface area contributed by atoms with Crippen LogP contribution >= 0.6 is 11.6 Å². The quantitative estimate of drug-likeness (QED) is 0.781. The first-order valence-corrected chi connectivity index (χ1v) is 9.01. The van der Waals surface area contributed by atoms with Gasteiger partial charge in [0.1, 0.15) is 5.76 Å². The number of hydrogen-bond donors (Lipinski definition) is 1. The molecule has 0 saturated carbocycles. The first kappa shape index (κ1) is 15.8. The minimum atomic E-state index is -3.43. The highest BCUT2D eigenvalue weighted by Crippen LogP contribution is 2.34. The molecule has 0 aliphatic heterocycles. The van der Waals surface area contributed by atoms with Crippen molar-refractivity contribution in [3.8, 4) is 11.1 Å². The lowest BCUT2D eigenvalue weighted by atomic mass is 10.0. The van der Waals surface area contributed by atoms with Crippen molar-refractivity contribution in [1.82, 2.24) is 14.7 Å². The molecule has 1 N–H and O–H groups in total.